The number of rotatable bonds is 5. The van der Waals surface area contributed by atoms with E-state index in [1.54, 1.807) is 25.1 Å². The zero-order chi connectivity index (χ0) is 14.7. The Morgan fingerprint density at radius 1 is 1.50 bits per heavy atom. The minimum absolute atomic E-state index is 0.0267. The number of nitrogens with zero attached hydrogens (tertiary/aromatic N) is 2. The van der Waals surface area contributed by atoms with Gasteiger partial charge in [0.15, 0.2) is 5.69 Å². The maximum Gasteiger partial charge on any atom is 0.355 e. The molecule has 0 radical (unpaired) electrons. The summed E-state index contributed by atoms with van der Waals surface area (Å²) in [5.74, 6) is -1.09. The number of hydrogen-bond acceptors (Lipinski definition) is 6. The van der Waals surface area contributed by atoms with Gasteiger partial charge in [-0.3, -0.25) is 10.1 Å². The summed E-state index contributed by atoms with van der Waals surface area (Å²) in [7, 11) is 0. The highest BCUT2D eigenvalue weighted by atomic mass is 32.1. The summed E-state index contributed by atoms with van der Waals surface area (Å²) in [6.07, 6.45) is 0. The van der Waals surface area contributed by atoms with Crippen LogP contribution in [0, 0.1) is 10.1 Å². The molecule has 2 rings (SSSR count). The van der Waals surface area contributed by atoms with Crippen molar-refractivity contribution in [2.24, 2.45) is 0 Å². The Morgan fingerprint density at radius 3 is 2.80 bits per heavy atom. The number of aromatic nitrogens is 1. The number of nitrogens with one attached hydrogen (secondary N) is 1. The number of para-hydroxylation sites is 2. The molecule has 1 atom stereocenters. The smallest absolute Gasteiger partial charge is 0.355 e. The van der Waals surface area contributed by atoms with Crippen LogP contribution >= 0.6 is 11.3 Å². The van der Waals surface area contributed by atoms with Crippen molar-refractivity contribution in [1.29, 1.82) is 0 Å². The van der Waals surface area contributed by atoms with Crippen molar-refractivity contribution in [3.05, 3.63) is 50.5 Å². The summed E-state index contributed by atoms with van der Waals surface area (Å²) >= 11 is 1.20. The SMILES string of the molecule is CC(Nc1ccccc1[N+](=O)[O-])c1nc(C(=O)O)cs1. The fourth-order valence-electron chi connectivity index (χ4n) is 1.63. The third kappa shape index (κ3) is 2.91. The Bertz CT molecular complexity index is 656. The molecule has 104 valence electrons. The fourth-order valence-corrected chi connectivity index (χ4v) is 2.43. The monoisotopic (exact) mass is 293 g/mol. The summed E-state index contributed by atoms with van der Waals surface area (Å²) in [4.78, 5) is 25.2. The average molecular weight is 293 g/mol. The predicted octanol–water partition coefficient (Wildman–Crippen LogP) is 2.92. The molecule has 1 aromatic carbocycles. The normalized spacial score (nSPS) is 11.8. The van der Waals surface area contributed by atoms with Gasteiger partial charge in [0.1, 0.15) is 10.7 Å². The lowest BCUT2D eigenvalue weighted by atomic mass is 10.2. The first-order valence-corrected chi connectivity index (χ1v) is 6.55. The first-order valence-electron chi connectivity index (χ1n) is 5.67. The standard InChI is InChI=1S/C12H11N3O4S/c1-7(11-14-9(6-20-11)12(16)17)13-8-4-2-3-5-10(8)15(18)19/h2-7,13H,1H3,(H,16,17). The lowest BCUT2D eigenvalue weighted by molar-refractivity contribution is -0.384. The van der Waals surface area contributed by atoms with Gasteiger partial charge < -0.3 is 10.4 Å². The second-order valence-electron chi connectivity index (χ2n) is 4.02. The van der Waals surface area contributed by atoms with Gasteiger partial charge in [-0.05, 0) is 13.0 Å². The van der Waals surface area contributed by atoms with Crippen molar-refractivity contribution in [2.45, 2.75) is 13.0 Å². The first kappa shape index (κ1) is 13.9. The van der Waals surface area contributed by atoms with Crippen molar-refractivity contribution in [2.75, 3.05) is 5.32 Å². The van der Waals surface area contributed by atoms with Crippen molar-refractivity contribution in [1.82, 2.24) is 4.98 Å². The molecule has 1 unspecified atom stereocenters. The maximum atomic E-state index is 10.9. The summed E-state index contributed by atoms with van der Waals surface area (Å²) < 4.78 is 0. The van der Waals surface area contributed by atoms with Crippen molar-refractivity contribution >= 4 is 28.7 Å². The van der Waals surface area contributed by atoms with Crippen LogP contribution in [0.2, 0.25) is 0 Å². The van der Waals surface area contributed by atoms with E-state index in [-0.39, 0.29) is 17.4 Å². The molecule has 8 heteroatoms. The Labute approximate surface area is 118 Å². The number of carbonyl (C=O) groups is 1. The molecule has 0 saturated heterocycles. The number of nitro benzene ring substituents is 1. The molecule has 7 nitrogen and oxygen atoms in total. The van der Waals surface area contributed by atoms with E-state index in [0.29, 0.717) is 10.7 Å². The second-order valence-corrected chi connectivity index (χ2v) is 4.91. The number of carboxylic acid groups (broad SMARTS) is 1. The van der Waals surface area contributed by atoms with Crippen LogP contribution in [0.4, 0.5) is 11.4 Å². The molecule has 0 aliphatic carbocycles. The predicted molar refractivity (Wildman–Crippen MR) is 74.2 cm³/mol. The first-order chi connectivity index (χ1) is 9.49. The number of benzene rings is 1. The maximum absolute atomic E-state index is 10.9. The summed E-state index contributed by atoms with van der Waals surface area (Å²) in [6, 6.07) is 5.95. The molecule has 2 aromatic rings. The van der Waals surface area contributed by atoms with Crippen LogP contribution in [0.15, 0.2) is 29.6 Å². The lowest BCUT2D eigenvalue weighted by Crippen LogP contribution is -2.08. The highest BCUT2D eigenvalue weighted by molar-refractivity contribution is 7.09. The largest absolute Gasteiger partial charge is 0.476 e. The number of carboxylic acids is 1. The fraction of sp³-hybridized carbons (Fsp3) is 0.167. The Balaban J connectivity index is 2.21. The van der Waals surface area contributed by atoms with Crippen LogP contribution in [-0.2, 0) is 0 Å². The van der Waals surface area contributed by atoms with Gasteiger partial charge in [-0.15, -0.1) is 11.3 Å². The van der Waals surface area contributed by atoms with Gasteiger partial charge in [0.25, 0.3) is 5.69 Å². The molecule has 20 heavy (non-hydrogen) atoms. The van der Waals surface area contributed by atoms with E-state index in [1.165, 1.54) is 22.8 Å². The molecule has 1 heterocycles. The minimum atomic E-state index is -1.09. The van der Waals surface area contributed by atoms with E-state index >= 15 is 0 Å². The van der Waals surface area contributed by atoms with Gasteiger partial charge in [0.05, 0.1) is 11.0 Å². The van der Waals surface area contributed by atoms with Crippen LogP contribution in [0.1, 0.15) is 28.5 Å². The van der Waals surface area contributed by atoms with E-state index in [2.05, 4.69) is 10.3 Å². The summed E-state index contributed by atoms with van der Waals surface area (Å²) in [5.41, 5.74) is 0.313. The number of hydrogen-bond donors (Lipinski definition) is 2. The number of thiazole rings is 1. The lowest BCUT2D eigenvalue weighted by Gasteiger charge is -2.12. The molecule has 0 aliphatic rings. The van der Waals surface area contributed by atoms with Crippen LogP contribution in [-0.4, -0.2) is 21.0 Å². The van der Waals surface area contributed by atoms with E-state index in [0.717, 1.165) is 0 Å². The van der Waals surface area contributed by atoms with Gasteiger partial charge in [-0.2, -0.15) is 0 Å². The van der Waals surface area contributed by atoms with Crippen LogP contribution < -0.4 is 5.32 Å². The molecule has 0 fully saturated rings. The summed E-state index contributed by atoms with van der Waals surface area (Å²) in [6.45, 7) is 1.77. The summed E-state index contributed by atoms with van der Waals surface area (Å²) in [5, 5.41) is 24.7. The third-order valence-electron chi connectivity index (χ3n) is 2.58. The van der Waals surface area contributed by atoms with Crippen LogP contribution in [0.5, 0.6) is 0 Å². The van der Waals surface area contributed by atoms with E-state index in [9.17, 15) is 14.9 Å². The quantitative estimate of drug-likeness (QED) is 0.648. The van der Waals surface area contributed by atoms with Gasteiger partial charge in [0.2, 0.25) is 0 Å². The zero-order valence-corrected chi connectivity index (χ0v) is 11.3. The van der Waals surface area contributed by atoms with Gasteiger partial charge in [0, 0.05) is 11.4 Å². The van der Waals surface area contributed by atoms with E-state index < -0.39 is 10.9 Å². The molecule has 2 N–H and O–H groups in total. The average Bonchev–Trinajstić information content (AvgIpc) is 2.89. The Hall–Kier alpha value is -2.48. The molecule has 0 spiro atoms. The number of aromatic carboxylic acids is 1. The molecule has 0 saturated carbocycles. The highest BCUT2D eigenvalue weighted by Crippen LogP contribution is 2.28. The molecule has 0 bridgehead atoms. The topological polar surface area (TPSA) is 105 Å². The van der Waals surface area contributed by atoms with Crippen molar-refractivity contribution < 1.29 is 14.8 Å². The molecule has 0 aliphatic heterocycles. The van der Waals surface area contributed by atoms with Crippen LogP contribution in [0.25, 0.3) is 0 Å². The van der Waals surface area contributed by atoms with Gasteiger partial charge in [-0.25, -0.2) is 9.78 Å². The van der Waals surface area contributed by atoms with Crippen molar-refractivity contribution in [3.63, 3.8) is 0 Å². The van der Waals surface area contributed by atoms with Crippen molar-refractivity contribution in [3.8, 4) is 0 Å². The number of nitro groups is 1. The minimum Gasteiger partial charge on any atom is -0.476 e. The van der Waals surface area contributed by atoms with Gasteiger partial charge >= 0.3 is 5.97 Å². The molecule has 0 amide bonds. The van der Waals surface area contributed by atoms with E-state index in [1.807, 2.05) is 0 Å². The van der Waals surface area contributed by atoms with E-state index in [4.69, 9.17) is 5.11 Å². The number of anilines is 1. The Kier molecular flexibility index (Phi) is 3.94. The molecular formula is C12H11N3O4S. The molecule has 1 aromatic heterocycles. The highest BCUT2D eigenvalue weighted by Gasteiger charge is 2.18. The third-order valence-corrected chi connectivity index (χ3v) is 3.61. The Morgan fingerprint density at radius 2 is 2.20 bits per heavy atom. The zero-order valence-electron chi connectivity index (χ0n) is 10.4. The molecular weight excluding hydrogens is 282 g/mol. The second kappa shape index (κ2) is 5.66. The van der Waals surface area contributed by atoms with Gasteiger partial charge in [-0.1, -0.05) is 12.1 Å². The van der Waals surface area contributed by atoms with Crippen LogP contribution in [0.3, 0.4) is 0 Å².